The van der Waals surface area contributed by atoms with E-state index in [0.717, 1.165) is 12.0 Å². The molecule has 0 aliphatic heterocycles. The molecule has 0 amide bonds. The molecule has 1 atom stereocenters. The van der Waals surface area contributed by atoms with E-state index in [1.54, 1.807) is 6.07 Å². The van der Waals surface area contributed by atoms with Crippen molar-refractivity contribution in [3.05, 3.63) is 71.8 Å². The van der Waals surface area contributed by atoms with E-state index < -0.39 is 5.60 Å². The molecular formula is C21H27NO2. The molecule has 1 unspecified atom stereocenters. The van der Waals surface area contributed by atoms with Gasteiger partial charge in [0.2, 0.25) is 0 Å². The van der Waals surface area contributed by atoms with Gasteiger partial charge >= 0.3 is 5.97 Å². The van der Waals surface area contributed by atoms with Gasteiger partial charge in [-0.15, -0.1) is 0 Å². The molecular weight excluding hydrogens is 298 g/mol. The SMILES string of the molecule is [2H]c1ccccc1C(CNCC(=O)OC(C)(C)C)Cc1ccccc1. The maximum absolute atomic E-state index is 11.9. The highest BCUT2D eigenvalue weighted by atomic mass is 16.6. The highest BCUT2D eigenvalue weighted by Crippen LogP contribution is 2.20. The number of nitrogens with one attached hydrogen (secondary N) is 1. The largest absolute Gasteiger partial charge is 0.459 e. The smallest absolute Gasteiger partial charge is 0.320 e. The maximum Gasteiger partial charge on any atom is 0.320 e. The minimum atomic E-state index is -0.476. The Morgan fingerprint density at radius 2 is 1.79 bits per heavy atom. The zero-order chi connectivity index (χ0) is 18.3. The van der Waals surface area contributed by atoms with Gasteiger partial charge in [-0.1, -0.05) is 60.6 Å². The van der Waals surface area contributed by atoms with Gasteiger partial charge in [0.25, 0.3) is 0 Å². The lowest BCUT2D eigenvalue weighted by Gasteiger charge is -2.21. The summed E-state index contributed by atoms with van der Waals surface area (Å²) in [4.78, 5) is 11.9. The fourth-order valence-corrected chi connectivity index (χ4v) is 2.58. The van der Waals surface area contributed by atoms with Gasteiger partial charge in [-0.25, -0.2) is 0 Å². The normalized spacial score (nSPS) is 13.2. The van der Waals surface area contributed by atoms with E-state index in [-0.39, 0.29) is 18.4 Å². The maximum atomic E-state index is 11.9. The molecule has 0 radical (unpaired) electrons. The first-order valence-corrected chi connectivity index (χ1v) is 8.37. The number of benzene rings is 2. The van der Waals surface area contributed by atoms with Crippen LogP contribution in [-0.4, -0.2) is 24.7 Å². The summed E-state index contributed by atoms with van der Waals surface area (Å²) in [6.07, 6.45) is 0.818. The number of hydrogen-bond acceptors (Lipinski definition) is 3. The fraction of sp³-hybridized carbons (Fsp3) is 0.381. The van der Waals surface area contributed by atoms with Crippen LogP contribution >= 0.6 is 0 Å². The van der Waals surface area contributed by atoms with Gasteiger partial charge in [0, 0.05) is 12.5 Å². The van der Waals surface area contributed by atoms with Crippen molar-refractivity contribution in [1.82, 2.24) is 5.32 Å². The van der Waals surface area contributed by atoms with Gasteiger partial charge in [-0.3, -0.25) is 4.79 Å². The van der Waals surface area contributed by atoms with Crippen molar-refractivity contribution in [2.24, 2.45) is 0 Å². The Kier molecular flexibility index (Phi) is 6.02. The molecule has 0 aliphatic carbocycles. The van der Waals surface area contributed by atoms with E-state index in [1.165, 1.54) is 5.56 Å². The van der Waals surface area contributed by atoms with Crippen molar-refractivity contribution >= 4 is 5.97 Å². The van der Waals surface area contributed by atoms with E-state index in [9.17, 15) is 4.79 Å². The zero-order valence-corrected chi connectivity index (χ0v) is 14.7. The van der Waals surface area contributed by atoms with Gasteiger partial charge in [0.1, 0.15) is 5.60 Å². The van der Waals surface area contributed by atoms with Crippen LogP contribution < -0.4 is 5.32 Å². The lowest BCUT2D eigenvalue weighted by molar-refractivity contribution is -0.153. The zero-order valence-electron chi connectivity index (χ0n) is 15.7. The fourth-order valence-electron chi connectivity index (χ4n) is 2.58. The minimum absolute atomic E-state index is 0.124. The summed E-state index contributed by atoms with van der Waals surface area (Å²) in [5, 5.41) is 3.20. The van der Waals surface area contributed by atoms with E-state index >= 15 is 0 Å². The van der Waals surface area contributed by atoms with Crippen molar-refractivity contribution in [2.45, 2.75) is 38.7 Å². The van der Waals surface area contributed by atoms with Crippen molar-refractivity contribution < 1.29 is 10.9 Å². The number of carbonyl (C=O) groups is 1. The molecule has 0 spiro atoms. The van der Waals surface area contributed by atoms with Crippen molar-refractivity contribution in [1.29, 1.82) is 0 Å². The van der Waals surface area contributed by atoms with Gasteiger partial charge < -0.3 is 10.1 Å². The molecule has 0 bridgehead atoms. The minimum Gasteiger partial charge on any atom is -0.459 e. The molecule has 0 aliphatic rings. The number of ether oxygens (including phenoxy) is 1. The van der Waals surface area contributed by atoms with E-state index in [0.29, 0.717) is 12.6 Å². The lowest BCUT2D eigenvalue weighted by atomic mass is 9.92. The first-order valence-electron chi connectivity index (χ1n) is 8.87. The highest BCUT2D eigenvalue weighted by molar-refractivity contribution is 5.72. The monoisotopic (exact) mass is 326 g/mol. The van der Waals surface area contributed by atoms with Crippen LogP contribution in [0.15, 0.2) is 60.6 Å². The molecule has 2 rings (SSSR count). The Morgan fingerprint density at radius 3 is 2.46 bits per heavy atom. The quantitative estimate of drug-likeness (QED) is 0.783. The molecule has 0 saturated heterocycles. The number of esters is 1. The van der Waals surface area contributed by atoms with E-state index in [1.807, 2.05) is 57.2 Å². The van der Waals surface area contributed by atoms with Crippen LogP contribution in [0.3, 0.4) is 0 Å². The van der Waals surface area contributed by atoms with Crippen LogP contribution in [0, 0.1) is 0 Å². The third-order valence-corrected chi connectivity index (χ3v) is 3.58. The summed E-state index contributed by atoms with van der Waals surface area (Å²) in [7, 11) is 0. The molecule has 0 fully saturated rings. The summed E-state index contributed by atoms with van der Waals surface area (Å²) in [6, 6.07) is 18.4. The van der Waals surface area contributed by atoms with Gasteiger partial charge in [0.05, 0.1) is 7.92 Å². The standard InChI is InChI=1S/C21H27NO2/c1-21(2,3)24-20(23)16-22-15-19(18-12-8-5-9-13-18)14-17-10-6-4-7-11-17/h4-13,19,22H,14-16H2,1-3H3/i12D. The highest BCUT2D eigenvalue weighted by Gasteiger charge is 2.17. The van der Waals surface area contributed by atoms with Crippen LogP contribution in [-0.2, 0) is 16.0 Å². The van der Waals surface area contributed by atoms with Crippen LogP contribution in [0.25, 0.3) is 0 Å². The van der Waals surface area contributed by atoms with Gasteiger partial charge in [-0.2, -0.15) is 0 Å². The Hall–Kier alpha value is -2.13. The predicted molar refractivity (Wildman–Crippen MR) is 98.0 cm³/mol. The summed E-state index contributed by atoms with van der Waals surface area (Å²) in [5.41, 5.74) is 1.73. The first kappa shape index (κ1) is 16.7. The van der Waals surface area contributed by atoms with Gasteiger partial charge in [0.15, 0.2) is 0 Å². The van der Waals surface area contributed by atoms with Crippen LogP contribution in [0.1, 0.15) is 39.2 Å². The average molecular weight is 326 g/mol. The second-order valence-electron chi connectivity index (χ2n) is 6.92. The second kappa shape index (κ2) is 8.65. The number of hydrogen-bond donors (Lipinski definition) is 1. The Bertz CT molecular complexity index is 680. The van der Waals surface area contributed by atoms with Crippen molar-refractivity contribution in [2.75, 3.05) is 13.1 Å². The molecule has 24 heavy (non-hydrogen) atoms. The molecule has 0 heterocycles. The third kappa shape index (κ3) is 6.55. The van der Waals surface area contributed by atoms with E-state index in [2.05, 4.69) is 17.4 Å². The number of rotatable bonds is 7. The first-order chi connectivity index (χ1) is 11.8. The second-order valence-corrected chi connectivity index (χ2v) is 6.92. The van der Waals surface area contributed by atoms with Crippen LogP contribution in [0.4, 0.5) is 0 Å². The predicted octanol–water partition coefficient (Wildman–Crippen LogP) is 3.94. The lowest BCUT2D eigenvalue weighted by Crippen LogP contribution is -2.33. The molecule has 1 N–H and O–H groups in total. The Balaban J connectivity index is 2.03. The summed E-state index contributed by atoms with van der Waals surface area (Å²) >= 11 is 0. The summed E-state index contributed by atoms with van der Waals surface area (Å²) in [6.45, 7) is 6.37. The molecule has 0 aromatic heterocycles. The van der Waals surface area contributed by atoms with Crippen LogP contribution in [0.5, 0.6) is 0 Å². The summed E-state index contributed by atoms with van der Waals surface area (Å²) < 4.78 is 13.5. The third-order valence-electron chi connectivity index (χ3n) is 3.58. The average Bonchev–Trinajstić information content (AvgIpc) is 2.54. The molecule has 2 aromatic rings. The van der Waals surface area contributed by atoms with Gasteiger partial charge in [-0.05, 0) is 38.3 Å². The topological polar surface area (TPSA) is 38.3 Å². The summed E-state index contributed by atoms with van der Waals surface area (Å²) in [5.74, 6) is -0.136. The number of carbonyl (C=O) groups excluding carboxylic acids is 1. The molecule has 2 aromatic carbocycles. The van der Waals surface area contributed by atoms with Crippen molar-refractivity contribution in [3.63, 3.8) is 0 Å². The molecule has 128 valence electrons. The molecule has 0 saturated carbocycles. The van der Waals surface area contributed by atoms with Crippen LogP contribution in [0.2, 0.25) is 0 Å². The Labute approximate surface area is 146 Å². The van der Waals surface area contributed by atoms with Crippen molar-refractivity contribution in [3.8, 4) is 0 Å². The molecule has 3 heteroatoms. The molecule has 3 nitrogen and oxygen atoms in total. The van der Waals surface area contributed by atoms with E-state index in [4.69, 9.17) is 6.11 Å². The Morgan fingerprint density at radius 1 is 1.12 bits per heavy atom.